The molecule has 0 amide bonds. The van der Waals surface area contributed by atoms with Gasteiger partial charge in [0.25, 0.3) is 6.43 Å². The van der Waals surface area contributed by atoms with Gasteiger partial charge < -0.3 is 5.73 Å². The largest absolute Gasteiger partial charge is 0.397 e. The van der Waals surface area contributed by atoms with Crippen molar-refractivity contribution in [3.63, 3.8) is 0 Å². The number of nitrogen functional groups attached to an aromatic ring is 1. The molecule has 0 bridgehead atoms. The molecule has 0 unspecified atom stereocenters. The predicted octanol–water partition coefficient (Wildman–Crippen LogP) is 3.25. The van der Waals surface area contributed by atoms with Gasteiger partial charge in [0, 0.05) is 28.9 Å². The van der Waals surface area contributed by atoms with E-state index in [0.29, 0.717) is 27.7 Å². The summed E-state index contributed by atoms with van der Waals surface area (Å²) in [6, 6.07) is 5.11. The Morgan fingerprint density at radius 2 is 1.83 bits per heavy atom. The van der Waals surface area contributed by atoms with Crippen LogP contribution in [0.3, 0.4) is 0 Å². The molecular weight excluding hydrogens is 298 g/mol. The van der Waals surface area contributed by atoms with Gasteiger partial charge in [0.1, 0.15) is 11.4 Å². The first-order valence-electron chi connectivity index (χ1n) is 6.81. The van der Waals surface area contributed by atoms with E-state index >= 15 is 0 Å². The van der Waals surface area contributed by atoms with Crippen LogP contribution in [0.2, 0.25) is 0 Å². The molecule has 3 heterocycles. The van der Waals surface area contributed by atoms with Gasteiger partial charge >= 0.3 is 0 Å². The summed E-state index contributed by atoms with van der Waals surface area (Å²) >= 11 is 0. The Morgan fingerprint density at radius 3 is 2.52 bits per heavy atom. The zero-order valence-corrected chi connectivity index (χ0v) is 12.2. The summed E-state index contributed by atoms with van der Waals surface area (Å²) in [7, 11) is 0. The second-order valence-corrected chi connectivity index (χ2v) is 4.96. The number of hydrogen-bond acceptors (Lipinski definition) is 4. The molecule has 23 heavy (non-hydrogen) atoms. The van der Waals surface area contributed by atoms with Crippen LogP contribution in [0, 0.1) is 18.8 Å². The van der Waals surface area contributed by atoms with Gasteiger partial charge in [-0.05, 0) is 31.0 Å². The number of pyridine rings is 3. The number of nitrogens with two attached hydrogens (primary N) is 1. The molecule has 0 spiro atoms. The minimum atomic E-state index is -2.66. The van der Waals surface area contributed by atoms with Crippen LogP contribution in [0.5, 0.6) is 0 Å². The molecule has 0 atom stereocenters. The van der Waals surface area contributed by atoms with Gasteiger partial charge in [-0.2, -0.15) is 0 Å². The lowest BCUT2D eigenvalue weighted by Gasteiger charge is -2.07. The number of nitrogens with zero attached hydrogens (tertiary/aromatic N) is 3. The maximum atomic E-state index is 13.1. The molecule has 3 rings (SSSR count). The van der Waals surface area contributed by atoms with Crippen molar-refractivity contribution in [2.75, 3.05) is 5.73 Å². The summed E-state index contributed by atoms with van der Waals surface area (Å²) in [5.74, 6) is 5.81. The Bertz CT molecular complexity index is 925. The number of halogens is 2. The third-order valence-electron chi connectivity index (χ3n) is 3.26. The molecule has 0 radical (unpaired) electrons. The summed E-state index contributed by atoms with van der Waals surface area (Å²) in [4.78, 5) is 12.0. The van der Waals surface area contributed by atoms with Gasteiger partial charge in [0.05, 0.1) is 17.4 Å². The van der Waals surface area contributed by atoms with Gasteiger partial charge in [0.15, 0.2) is 0 Å². The van der Waals surface area contributed by atoms with E-state index in [0.717, 1.165) is 5.69 Å². The Kier molecular flexibility index (Phi) is 3.85. The van der Waals surface area contributed by atoms with Crippen LogP contribution in [0.25, 0.3) is 10.8 Å². The number of alkyl halides is 2. The molecule has 0 aromatic carbocycles. The van der Waals surface area contributed by atoms with Crippen molar-refractivity contribution in [2.45, 2.75) is 13.3 Å². The minimum absolute atomic E-state index is 0.288. The van der Waals surface area contributed by atoms with E-state index in [1.54, 1.807) is 25.1 Å². The van der Waals surface area contributed by atoms with E-state index in [1.807, 2.05) is 0 Å². The first-order chi connectivity index (χ1) is 11.0. The highest BCUT2D eigenvalue weighted by molar-refractivity contribution is 5.89. The third kappa shape index (κ3) is 3.09. The average Bonchev–Trinajstić information content (AvgIpc) is 2.53. The lowest BCUT2D eigenvalue weighted by atomic mass is 10.1. The topological polar surface area (TPSA) is 64.7 Å². The van der Waals surface area contributed by atoms with Crippen LogP contribution in [0.4, 0.5) is 14.5 Å². The van der Waals surface area contributed by atoms with Crippen LogP contribution in [0.1, 0.15) is 29.1 Å². The van der Waals surface area contributed by atoms with Crippen molar-refractivity contribution in [1.82, 2.24) is 15.0 Å². The van der Waals surface area contributed by atoms with E-state index in [2.05, 4.69) is 26.8 Å². The summed E-state index contributed by atoms with van der Waals surface area (Å²) in [5.41, 5.74) is 7.64. The second kappa shape index (κ2) is 5.97. The number of aryl methyl sites for hydroxylation is 1. The summed E-state index contributed by atoms with van der Waals surface area (Å²) in [5, 5.41) is 0.911. The normalized spacial score (nSPS) is 10.6. The molecule has 3 aromatic heterocycles. The fraction of sp³-hybridized carbons (Fsp3) is 0.118. The summed E-state index contributed by atoms with van der Waals surface area (Å²) in [6.45, 7) is 1.79. The van der Waals surface area contributed by atoms with Crippen LogP contribution in [0.15, 0.2) is 36.8 Å². The molecule has 114 valence electrons. The Morgan fingerprint density at radius 1 is 1.00 bits per heavy atom. The van der Waals surface area contributed by atoms with E-state index < -0.39 is 6.43 Å². The smallest absolute Gasteiger partial charge is 0.281 e. The van der Waals surface area contributed by atoms with Gasteiger partial charge in [-0.1, -0.05) is 5.92 Å². The van der Waals surface area contributed by atoms with Crippen molar-refractivity contribution < 1.29 is 8.78 Å². The first kappa shape index (κ1) is 14.9. The van der Waals surface area contributed by atoms with Gasteiger partial charge in [-0.25, -0.2) is 13.8 Å². The maximum absolute atomic E-state index is 13.1. The SMILES string of the molecule is Cc1cc2c(C#Cc3ccc(N)cn3)cnc(C(F)F)c2cn1. The Hall–Kier alpha value is -3.07. The molecule has 0 saturated heterocycles. The van der Waals surface area contributed by atoms with E-state index in [4.69, 9.17) is 5.73 Å². The van der Waals surface area contributed by atoms with Crippen LogP contribution in [-0.4, -0.2) is 15.0 Å². The Labute approximate surface area is 131 Å². The third-order valence-corrected chi connectivity index (χ3v) is 3.26. The molecule has 0 saturated carbocycles. The first-order valence-corrected chi connectivity index (χ1v) is 6.81. The number of hydrogen-bond donors (Lipinski definition) is 1. The van der Waals surface area contributed by atoms with E-state index in [1.165, 1.54) is 18.6 Å². The van der Waals surface area contributed by atoms with Crippen LogP contribution in [-0.2, 0) is 0 Å². The molecule has 0 aliphatic rings. The number of fused-ring (bicyclic) bond motifs is 1. The monoisotopic (exact) mass is 310 g/mol. The predicted molar refractivity (Wildman–Crippen MR) is 83.9 cm³/mol. The summed E-state index contributed by atoms with van der Waals surface area (Å²) < 4.78 is 26.1. The fourth-order valence-corrected chi connectivity index (χ4v) is 2.14. The molecule has 3 aromatic rings. The number of aromatic nitrogens is 3. The quantitative estimate of drug-likeness (QED) is 0.701. The minimum Gasteiger partial charge on any atom is -0.397 e. The van der Waals surface area contributed by atoms with E-state index in [9.17, 15) is 8.78 Å². The lowest BCUT2D eigenvalue weighted by molar-refractivity contribution is 0.148. The van der Waals surface area contributed by atoms with Gasteiger partial charge in [0.2, 0.25) is 0 Å². The molecule has 0 aliphatic carbocycles. The van der Waals surface area contributed by atoms with Crippen molar-refractivity contribution in [1.29, 1.82) is 0 Å². The highest BCUT2D eigenvalue weighted by atomic mass is 19.3. The van der Waals surface area contributed by atoms with Gasteiger partial charge in [-0.3, -0.25) is 9.97 Å². The van der Waals surface area contributed by atoms with Crippen molar-refractivity contribution in [3.8, 4) is 11.8 Å². The fourth-order valence-electron chi connectivity index (χ4n) is 2.14. The van der Waals surface area contributed by atoms with Crippen molar-refractivity contribution in [2.24, 2.45) is 0 Å². The zero-order chi connectivity index (χ0) is 16.4. The summed E-state index contributed by atoms with van der Waals surface area (Å²) in [6.07, 6.45) is 1.61. The highest BCUT2D eigenvalue weighted by Gasteiger charge is 2.15. The molecule has 2 N–H and O–H groups in total. The van der Waals surface area contributed by atoms with E-state index in [-0.39, 0.29) is 5.69 Å². The molecule has 0 aliphatic heterocycles. The Balaban J connectivity index is 2.13. The molecule has 4 nitrogen and oxygen atoms in total. The van der Waals surface area contributed by atoms with Crippen LogP contribution < -0.4 is 5.73 Å². The molecular formula is C17H12F2N4. The second-order valence-electron chi connectivity index (χ2n) is 4.96. The number of anilines is 1. The van der Waals surface area contributed by atoms with Crippen molar-refractivity contribution >= 4 is 16.5 Å². The average molecular weight is 310 g/mol. The van der Waals surface area contributed by atoms with Crippen molar-refractivity contribution in [3.05, 3.63) is 59.4 Å². The molecule has 6 heteroatoms. The number of rotatable bonds is 1. The highest BCUT2D eigenvalue weighted by Crippen LogP contribution is 2.27. The maximum Gasteiger partial charge on any atom is 0.281 e. The zero-order valence-electron chi connectivity index (χ0n) is 12.2. The van der Waals surface area contributed by atoms with Gasteiger partial charge in [-0.15, -0.1) is 0 Å². The standard InChI is InChI=1S/C17H12F2N4/c1-10-6-14-11(2-4-13-5-3-12(20)8-22-13)7-23-16(17(18)19)15(14)9-21-10/h3,5-9,17H,20H2,1H3. The lowest BCUT2D eigenvalue weighted by Crippen LogP contribution is -1.96. The van der Waals surface area contributed by atoms with Crippen LogP contribution >= 0.6 is 0 Å². The molecule has 0 fully saturated rings.